The van der Waals surface area contributed by atoms with Crippen LogP contribution in [0.3, 0.4) is 0 Å². The number of aryl methyl sites for hydroxylation is 3. The van der Waals surface area contributed by atoms with E-state index in [1.54, 1.807) is 0 Å². The highest BCUT2D eigenvalue weighted by atomic mass is 16.5. The highest BCUT2D eigenvalue weighted by molar-refractivity contribution is 5.37. The molecule has 1 heterocycles. The molecule has 1 atom stereocenters. The second kappa shape index (κ2) is 6.76. The lowest BCUT2D eigenvalue weighted by Crippen LogP contribution is -2.12. The first-order valence-corrected chi connectivity index (χ1v) is 7.49. The van der Waals surface area contributed by atoms with E-state index in [4.69, 9.17) is 4.74 Å². The van der Waals surface area contributed by atoms with Gasteiger partial charge in [-0.3, -0.25) is 4.68 Å². The van der Waals surface area contributed by atoms with E-state index in [2.05, 4.69) is 55.5 Å². The Labute approximate surface area is 127 Å². The second-order valence-corrected chi connectivity index (χ2v) is 5.42. The van der Waals surface area contributed by atoms with Crippen molar-refractivity contribution < 1.29 is 4.74 Å². The zero-order chi connectivity index (χ0) is 15.4. The van der Waals surface area contributed by atoms with Gasteiger partial charge in [0.1, 0.15) is 12.4 Å². The zero-order valence-electron chi connectivity index (χ0n) is 13.6. The van der Waals surface area contributed by atoms with E-state index in [1.807, 2.05) is 18.7 Å². The van der Waals surface area contributed by atoms with Crippen molar-refractivity contribution in [2.75, 3.05) is 7.05 Å². The predicted octanol–water partition coefficient (Wildman–Crippen LogP) is 3.38. The highest BCUT2D eigenvalue weighted by Crippen LogP contribution is 2.23. The minimum Gasteiger partial charge on any atom is -0.487 e. The number of nitrogens with one attached hydrogen (secondary N) is 1. The molecule has 21 heavy (non-hydrogen) atoms. The molecule has 2 rings (SSSR count). The monoisotopic (exact) mass is 287 g/mol. The maximum absolute atomic E-state index is 5.97. The van der Waals surface area contributed by atoms with Crippen LogP contribution in [0.25, 0.3) is 0 Å². The Balaban J connectivity index is 2.09. The highest BCUT2D eigenvalue weighted by Gasteiger charge is 2.08. The van der Waals surface area contributed by atoms with E-state index in [0.29, 0.717) is 12.6 Å². The number of benzene rings is 1. The van der Waals surface area contributed by atoms with Crippen molar-refractivity contribution in [1.29, 1.82) is 0 Å². The third kappa shape index (κ3) is 3.64. The van der Waals surface area contributed by atoms with E-state index in [1.165, 1.54) is 5.56 Å². The van der Waals surface area contributed by atoms with E-state index >= 15 is 0 Å². The largest absolute Gasteiger partial charge is 0.487 e. The lowest BCUT2D eigenvalue weighted by atomic mass is 10.1. The molecular weight excluding hydrogens is 262 g/mol. The first kappa shape index (κ1) is 15.6. The maximum Gasteiger partial charge on any atom is 0.130 e. The zero-order valence-corrected chi connectivity index (χ0v) is 13.6. The Morgan fingerprint density at radius 3 is 2.67 bits per heavy atom. The second-order valence-electron chi connectivity index (χ2n) is 5.42. The molecule has 1 N–H and O–H groups in total. The van der Waals surface area contributed by atoms with Gasteiger partial charge >= 0.3 is 0 Å². The number of hydrogen-bond donors (Lipinski definition) is 1. The number of aromatic nitrogens is 2. The van der Waals surface area contributed by atoms with Crippen LogP contribution in [-0.4, -0.2) is 16.8 Å². The van der Waals surface area contributed by atoms with Crippen LogP contribution in [0.15, 0.2) is 24.3 Å². The topological polar surface area (TPSA) is 39.1 Å². The molecule has 0 radical (unpaired) electrons. The molecule has 114 valence electrons. The molecule has 0 saturated heterocycles. The molecule has 2 aromatic rings. The van der Waals surface area contributed by atoms with Gasteiger partial charge in [-0.15, -0.1) is 0 Å². The summed E-state index contributed by atoms with van der Waals surface area (Å²) in [5.74, 6) is 0.934. The summed E-state index contributed by atoms with van der Waals surface area (Å²) >= 11 is 0. The smallest absolute Gasteiger partial charge is 0.130 e. The summed E-state index contributed by atoms with van der Waals surface area (Å²) in [5.41, 5.74) is 4.58. The van der Waals surface area contributed by atoms with E-state index < -0.39 is 0 Å². The minimum atomic E-state index is 0.349. The van der Waals surface area contributed by atoms with Gasteiger partial charge in [-0.05, 0) is 58.0 Å². The molecule has 1 unspecified atom stereocenters. The Morgan fingerprint density at radius 2 is 2.05 bits per heavy atom. The van der Waals surface area contributed by atoms with Crippen LogP contribution >= 0.6 is 0 Å². The lowest BCUT2D eigenvalue weighted by molar-refractivity contribution is 0.290. The maximum atomic E-state index is 5.97. The van der Waals surface area contributed by atoms with Crippen LogP contribution in [0.2, 0.25) is 0 Å². The standard InChI is InChI=1S/C17H25N3O/c1-6-20-16(10-13(3)19-20)11-21-17-8-7-15(9-12(17)2)14(4)18-5/h7-10,14,18H,6,11H2,1-5H3. The van der Waals surface area contributed by atoms with Gasteiger partial charge in [0.05, 0.1) is 11.4 Å². The average Bonchev–Trinajstić information content (AvgIpc) is 2.85. The van der Waals surface area contributed by atoms with Crippen molar-refractivity contribution in [3.63, 3.8) is 0 Å². The van der Waals surface area contributed by atoms with Crippen molar-refractivity contribution in [3.8, 4) is 5.75 Å². The Morgan fingerprint density at radius 1 is 1.29 bits per heavy atom. The third-order valence-corrected chi connectivity index (χ3v) is 3.79. The van der Waals surface area contributed by atoms with Crippen LogP contribution in [0.5, 0.6) is 5.75 Å². The quantitative estimate of drug-likeness (QED) is 0.885. The first-order valence-electron chi connectivity index (χ1n) is 7.49. The molecule has 0 fully saturated rings. The average molecular weight is 287 g/mol. The molecule has 0 spiro atoms. The van der Waals surface area contributed by atoms with Crippen molar-refractivity contribution >= 4 is 0 Å². The summed E-state index contributed by atoms with van der Waals surface area (Å²) in [7, 11) is 1.97. The molecule has 0 aliphatic rings. The van der Waals surface area contributed by atoms with Crippen LogP contribution in [-0.2, 0) is 13.2 Å². The van der Waals surface area contributed by atoms with Crippen LogP contribution in [0, 0.1) is 13.8 Å². The van der Waals surface area contributed by atoms with Gasteiger partial charge in [0.15, 0.2) is 0 Å². The summed E-state index contributed by atoms with van der Waals surface area (Å²) in [6.07, 6.45) is 0. The van der Waals surface area contributed by atoms with Crippen molar-refractivity contribution in [1.82, 2.24) is 15.1 Å². The summed E-state index contributed by atoms with van der Waals surface area (Å²) in [5, 5.41) is 7.69. The first-order chi connectivity index (χ1) is 10.0. The van der Waals surface area contributed by atoms with Gasteiger partial charge in [0.2, 0.25) is 0 Å². The van der Waals surface area contributed by atoms with Gasteiger partial charge in [-0.25, -0.2) is 0 Å². The number of ether oxygens (including phenoxy) is 1. The third-order valence-electron chi connectivity index (χ3n) is 3.79. The molecule has 0 saturated carbocycles. The van der Waals surface area contributed by atoms with E-state index in [0.717, 1.165) is 29.2 Å². The normalized spacial score (nSPS) is 12.4. The van der Waals surface area contributed by atoms with Gasteiger partial charge in [-0.2, -0.15) is 5.10 Å². The molecule has 0 bridgehead atoms. The molecule has 4 heteroatoms. The van der Waals surface area contributed by atoms with Crippen LogP contribution in [0.4, 0.5) is 0 Å². The summed E-state index contributed by atoms with van der Waals surface area (Å²) in [6.45, 7) is 9.76. The molecule has 0 aliphatic heterocycles. The fourth-order valence-electron chi connectivity index (χ4n) is 2.41. The number of rotatable bonds is 6. The predicted molar refractivity (Wildman–Crippen MR) is 85.6 cm³/mol. The molecule has 0 amide bonds. The van der Waals surface area contributed by atoms with Gasteiger partial charge < -0.3 is 10.1 Å². The van der Waals surface area contributed by atoms with Crippen LogP contribution < -0.4 is 10.1 Å². The molecular formula is C17H25N3O. The number of hydrogen-bond acceptors (Lipinski definition) is 3. The molecule has 1 aromatic carbocycles. The molecule has 0 aliphatic carbocycles. The van der Waals surface area contributed by atoms with Crippen molar-refractivity contribution in [2.24, 2.45) is 0 Å². The summed E-state index contributed by atoms with van der Waals surface area (Å²) < 4.78 is 7.95. The Bertz CT molecular complexity index is 604. The van der Waals surface area contributed by atoms with Gasteiger partial charge in [0, 0.05) is 12.6 Å². The van der Waals surface area contributed by atoms with Gasteiger partial charge in [0.25, 0.3) is 0 Å². The molecule has 1 aromatic heterocycles. The van der Waals surface area contributed by atoms with Crippen LogP contribution in [0.1, 0.15) is 42.4 Å². The van der Waals surface area contributed by atoms with E-state index in [-0.39, 0.29) is 0 Å². The Kier molecular flexibility index (Phi) is 5.02. The van der Waals surface area contributed by atoms with Gasteiger partial charge in [-0.1, -0.05) is 12.1 Å². The summed E-state index contributed by atoms with van der Waals surface area (Å²) in [4.78, 5) is 0. The summed E-state index contributed by atoms with van der Waals surface area (Å²) in [6, 6.07) is 8.78. The fraction of sp³-hybridized carbons (Fsp3) is 0.471. The number of nitrogens with zero attached hydrogens (tertiary/aromatic N) is 2. The Hall–Kier alpha value is -1.81. The van der Waals surface area contributed by atoms with Crippen molar-refractivity contribution in [2.45, 2.75) is 46.9 Å². The SMILES string of the molecule is CCn1nc(C)cc1COc1ccc(C(C)NC)cc1C. The fourth-order valence-corrected chi connectivity index (χ4v) is 2.41. The van der Waals surface area contributed by atoms with E-state index in [9.17, 15) is 0 Å². The molecule has 4 nitrogen and oxygen atoms in total. The minimum absolute atomic E-state index is 0.349. The lowest BCUT2D eigenvalue weighted by Gasteiger charge is -2.14. The van der Waals surface area contributed by atoms with Crippen molar-refractivity contribution in [3.05, 3.63) is 46.8 Å².